The molecule has 0 saturated carbocycles. The van der Waals surface area contributed by atoms with Crippen LogP contribution in [0.4, 0.5) is 0 Å². The second-order valence-electron chi connectivity index (χ2n) is 8.80. The molecule has 0 saturated heterocycles. The van der Waals surface area contributed by atoms with Crippen molar-refractivity contribution in [1.82, 2.24) is 5.32 Å². The lowest BCUT2D eigenvalue weighted by molar-refractivity contribution is 0.356. The summed E-state index contributed by atoms with van der Waals surface area (Å²) >= 11 is 0. The minimum Gasteiger partial charge on any atom is -0.330 e. The fraction of sp³-hybridized carbons (Fsp3) is 1.00. The zero-order valence-corrected chi connectivity index (χ0v) is 17.3. The molecule has 0 atom stereocenters. The van der Waals surface area contributed by atoms with E-state index in [1.54, 1.807) is 0 Å². The van der Waals surface area contributed by atoms with Crippen LogP contribution in [0, 0.1) is 5.41 Å². The number of hydrogen-bond donors (Lipinski definition) is 2. The second-order valence-corrected chi connectivity index (χ2v) is 8.80. The first kappa shape index (κ1) is 23.9. The van der Waals surface area contributed by atoms with Gasteiger partial charge in [-0.3, -0.25) is 0 Å². The van der Waals surface area contributed by atoms with Crippen molar-refractivity contribution in [3.63, 3.8) is 0 Å². The summed E-state index contributed by atoms with van der Waals surface area (Å²) in [4.78, 5) is 0. The number of unbranched alkanes of at least 4 members (excludes halogenated alkanes) is 12. The lowest BCUT2D eigenvalue weighted by Gasteiger charge is -2.17. The van der Waals surface area contributed by atoms with E-state index in [2.05, 4.69) is 26.1 Å². The molecule has 146 valence electrons. The predicted molar refractivity (Wildman–Crippen MR) is 111 cm³/mol. The van der Waals surface area contributed by atoms with E-state index in [4.69, 9.17) is 5.73 Å². The van der Waals surface area contributed by atoms with Gasteiger partial charge in [0.25, 0.3) is 0 Å². The van der Waals surface area contributed by atoms with E-state index < -0.39 is 0 Å². The Morgan fingerprint density at radius 2 is 0.917 bits per heavy atom. The van der Waals surface area contributed by atoms with Gasteiger partial charge in [0.2, 0.25) is 0 Å². The summed E-state index contributed by atoms with van der Waals surface area (Å²) in [5.41, 5.74) is 6.02. The lowest BCUT2D eigenvalue weighted by Crippen LogP contribution is -2.16. The molecule has 2 nitrogen and oxygen atoms in total. The lowest BCUT2D eigenvalue weighted by atomic mass is 9.89. The highest BCUT2D eigenvalue weighted by molar-refractivity contribution is 4.61. The van der Waals surface area contributed by atoms with Gasteiger partial charge in [-0.25, -0.2) is 0 Å². The zero-order valence-electron chi connectivity index (χ0n) is 17.3. The largest absolute Gasteiger partial charge is 0.330 e. The van der Waals surface area contributed by atoms with Crippen molar-refractivity contribution in [3.8, 4) is 0 Å². The van der Waals surface area contributed by atoms with Crippen LogP contribution in [0.3, 0.4) is 0 Å². The third-order valence-corrected chi connectivity index (χ3v) is 4.84. The molecule has 0 bridgehead atoms. The van der Waals surface area contributed by atoms with E-state index in [0.717, 1.165) is 6.54 Å². The number of hydrogen-bond acceptors (Lipinski definition) is 2. The van der Waals surface area contributed by atoms with Crippen LogP contribution in [-0.4, -0.2) is 19.6 Å². The highest BCUT2D eigenvalue weighted by Crippen LogP contribution is 2.22. The van der Waals surface area contributed by atoms with Crippen LogP contribution >= 0.6 is 0 Å². The Hall–Kier alpha value is -0.0800. The van der Waals surface area contributed by atoms with Gasteiger partial charge in [-0.1, -0.05) is 91.4 Å². The Morgan fingerprint density at radius 1 is 0.542 bits per heavy atom. The first-order valence-corrected chi connectivity index (χ1v) is 11.0. The van der Waals surface area contributed by atoms with E-state index in [-0.39, 0.29) is 0 Å². The average Bonchev–Trinajstić information content (AvgIpc) is 2.52. The molecule has 0 aromatic heterocycles. The molecule has 0 spiro atoms. The van der Waals surface area contributed by atoms with Crippen LogP contribution in [0.15, 0.2) is 0 Å². The first-order chi connectivity index (χ1) is 11.6. The van der Waals surface area contributed by atoms with E-state index in [9.17, 15) is 0 Å². The third-order valence-electron chi connectivity index (χ3n) is 4.84. The van der Waals surface area contributed by atoms with Gasteiger partial charge in [-0.2, -0.15) is 0 Å². The Morgan fingerprint density at radius 3 is 1.33 bits per heavy atom. The Balaban J connectivity index is 3.00. The molecule has 0 aliphatic heterocycles. The monoisotopic (exact) mass is 340 g/mol. The van der Waals surface area contributed by atoms with Crippen molar-refractivity contribution < 1.29 is 0 Å². The summed E-state index contributed by atoms with van der Waals surface area (Å²) in [7, 11) is 0. The van der Waals surface area contributed by atoms with Crippen molar-refractivity contribution in [2.45, 2.75) is 117 Å². The molecule has 0 fully saturated rings. The maximum atomic E-state index is 5.50. The standard InChI is InChI=1S/C22H48N2/c1-22(2,3)18-14-10-9-13-17-21-24-20-16-12-8-6-4-5-7-11-15-19-23/h24H,4-21,23H2,1-3H3. The van der Waals surface area contributed by atoms with E-state index >= 15 is 0 Å². The first-order valence-electron chi connectivity index (χ1n) is 11.0. The molecule has 0 aromatic carbocycles. The summed E-state index contributed by atoms with van der Waals surface area (Å²) < 4.78 is 0. The van der Waals surface area contributed by atoms with Crippen LogP contribution in [-0.2, 0) is 0 Å². The summed E-state index contributed by atoms with van der Waals surface area (Å²) in [6.07, 6.45) is 20.8. The maximum absolute atomic E-state index is 5.50. The van der Waals surface area contributed by atoms with Crippen molar-refractivity contribution in [1.29, 1.82) is 0 Å². The Labute approximate surface area is 153 Å². The van der Waals surface area contributed by atoms with E-state index in [1.165, 1.54) is 109 Å². The fourth-order valence-corrected chi connectivity index (χ4v) is 3.19. The summed E-state index contributed by atoms with van der Waals surface area (Å²) in [6, 6.07) is 0. The van der Waals surface area contributed by atoms with Crippen molar-refractivity contribution in [3.05, 3.63) is 0 Å². The summed E-state index contributed by atoms with van der Waals surface area (Å²) in [5.74, 6) is 0. The van der Waals surface area contributed by atoms with Crippen molar-refractivity contribution in [2.24, 2.45) is 11.1 Å². The Kier molecular flexibility index (Phi) is 17.7. The number of nitrogens with two attached hydrogens (primary N) is 1. The quantitative estimate of drug-likeness (QED) is 0.282. The van der Waals surface area contributed by atoms with Gasteiger partial charge in [0, 0.05) is 0 Å². The molecule has 3 N–H and O–H groups in total. The van der Waals surface area contributed by atoms with Crippen LogP contribution in [0.25, 0.3) is 0 Å². The topological polar surface area (TPSA) is 38.0 Å². The van der Waals surface area contributed by atoms with Crippen LogP contribution in [0.2, 0.25) is 0 Å². The molecular weight excluding hydrogens is 292 g/mol. The van der Waals surface area contributed by atoms with E-state index in [0.29, 0.717) is 5.41 Å². The van der Waals surface area contributed by atoms with Crippen LogP contribution in [0.1, 0.15) is 117 Å². The van der Waals surface area contributed by atoms with Crippen LogP contribution in [0.5, 0.6) is 0 Å². The number of nitrogens with one attached hydrogen (secondary N) is 1. The Bertz CT molecular complexity index is 233. The van der Waals surface area contributed by atoms with Gasteiger partial charge in [0.15, 0.2) is 0 Å². The van der Waals surface area contributed by atoms with Gasteiger partial charge in [-0.15, -0.1) is 0 Å². The molecule has 24 heavy (non-hydrogen) atoms. The molecule has 0 aromatic rings. The van der Waals surface area contributed by atoms with Gasteiger partial charge >= 0.3 is 0 Å². The smallest absolute Gasteiger partial charge is 0.00489 e. The normalized spacial score (nSPS) is 12.0. The number of rotatable bonds is 18. The minimum absolute atomic E-state index is 0.520. The van der Waals surface area contributed by atoms with Gasteiger partial charge < -0.3 is 11.1 Å². The molecule has 0 heterocycles. The highest BCUT2D eigenvalue weighted by atomic mass is 14.8. The zero-order chi connectivity index (χ0) is 17.9. The molecule has 0 unspecified atom stereocenters. The SMILES string of the molecule is CC(C)(C)CCCCCCCNCCCCCCCCCCCN. The second kappa shape index (κ2) is 17.7. The molecule has 0 rings (SSSR count). The van der Waals surface area contributed by atoms with Crippen molar-refractivity contribution >= 4 is 0 Å². The van der Waals surface area contributed by atoms with Gasteiger partial charge in [0.1, 0.15) is 0 Å². The maximum Gasteiger partial charge on any atom is -0.00489 e. The highest BCUT2D eigenvalue weighted by Gasteiger charge is 2.08. The van der Waals surface area contributed by atoms with Crippen molar-refractivity contribution in [2.75, 3.05) is 19.6 Å². The summed E-state index contributed by atoms with van der Waals surface area (Å²) in [6.45, 7) is 10.4. The average molecular weight is 341 g/mol. The molecule has 0 radical (unpaired) electrons. The fourth-order valence-electron chi connectivity index (χ4n) is 3.19. The molecule has 2 heteroatoms. The molecule has 0 aliphatic rings. The molecule has 0 amide bonds. The van der Waals surface area contributed by atoms with Gasteiger partial charge in [0.05, 0.1) is 0 Å². The molecule has 0 aliphatic carbocycles. The van der Waals surface area contributed by atoms with Crippen LogP contribution < -0.4 is 11.1 Å². The minimum atomic E-state index is 0.520. The third kappa shape index (κ3) is 21.9. The predicted octanol–water partition coefficient (Wildman–Crippen LogP) is 6.43. The van der Waals surface area contributed by atoms with E-state index in [1.807, 2.05) is 0 Å². The van der Waals surface area contributed by atoms with Gasteiger partial charge in [-0.05, 0) is 50.7 Å². The summed E-state index contributed by atoms with van der Waals surface area (Å²) in [5, 5.41) is 3.61. The molecular formula is C22H48N2.